The third kappa shape index (κ3) is 11.9. The number of furan rings is 1. The SMILES string of the molecule is CCCCCCCCCCC(OC(=O)N(I)CCCS(=O)(=O)O)c1ccco1. The number of hydrogen-bond donors (Lipinski definition) is 1. The molecule has 1 unspecified atom stereocenters. The molecule has 0 aliphatic rings. The Morgan fingerprint density at radius 1 is 1.18 bits per heavy atom. The first-order valence-corrected chi connectivity index (χ1v) is 12.5. The van der Waals surface area contributed by atoms with E-state index in [1.807, 2.05) is 0 Å². The molecule has 0 aliphatic carbocycles. The van der Waals surface area contributed by atoms with Crippen molar-refractivity contribution in [3.63, 3.8) is 0 Å². The summed E-state index contributed by atoms with van der Waals surface area (Å²) in [6.45, 7) is 2.38. The van der Waals surface area contributed by atoms with E-state index in [1.54, 1.807) is 41.3 Å². The largest absolute Gasteiger partial charge is 0.465 e. The van der Waals surface area contributed by atoms with Gasteiger partial charge in [-0.15, -0.1) is 0 Å². The van der Waals surface area contributed by atoms with Gasteiger partial charge in [0.1, 0.15) is 5.76 Å². The second-order valence-electron chi connectivity index (χ2n) is 6.88. The van der Waals surface area contributed by atoms with E-state index >= 15 is 0 Å². The molecular weight excluding hydrogens is 497 g/mol. The highest BCUT2D eigenvalue weighted by Gasteiger charge is 2.22. The summed E-state index contributed by atoms with van der Waals surface area (Å²) in [5.74, 6) is 0.221. The molecule has 7 nitrogen and oxygen atoms in total. The predicted octanol–water partition coefficient (Wildman–Crippen LogP) is 5.92. The van der Waals surface area contributed by atoms with Gasteiger partial charge in [0, 0.05) is 6.54 Å². The highest BCUT2D eigenvalue weighted by Crippen LogP contribution is 2.26. The molecule has 0 aromatic carbocycles. The van der Waals surface area contributed by atoms with Gasteiger partial charge in [0.05, 0.1) is 34.9 Å². The van der Waals surface area contributed by atoms with E-state index < -0.39 is 22.3 Å². The lowest BCUT2D eigenvalue weighted by atomic mass is 10.0. The van der Waals surface area contributed by atoms with Crippen molar-refractivity contribution in [3.8, 4) is 0 Å². The molecule has 1 amide bonds. The molecule has 162 valence electrons. The maximum absolute atomic E-state index is 12.3. The Morgan fingerprint density at radius 3 is 2.39 bits per heavy atom. The van der Waals surface area contributed by atoms with Gasteiger partial charge in [0.2, 0.25) is 0 Å². The molecule has 0 saturated carbocycles. The second-order valence-corrected chi connectivity index (χ2v) is 9.61. The number of rotatable bonds is 15. The van der Waals surface area contributed by atoms with Crippen LogP contribution in [-0.2, 0) is 14.9 Å². The minimum atomic E-state index is -4.03. The van der Waals surface area contributed by atoms with Crippen LogP contribution in [0, 0.1) is 0 Å². The van der Waals surface area contributed by atoms with Crippen LogP contribution in [0.5, 0.6) is 0 Å². The molecule has 1 heterocycles. The van der Waals surface area contributed by atoms with Crippen LogP contribution in [0.25, 0.3) is 0 Å². The van der Waals surface area contributed by atoms with Crippen LogP contribution in [0.3, 0.4) is 0 Å². The number of halogens is 1. The summed E-state index contributed by atoms with van der Waals surface area (Å²) in [5, 5.41) is 0. The van der Waals surface area contributed by atoms with Crippen molar-refractivity contribution in [2.75, 3.05) is 12.3 Å². The van der Waals surface area contributed by atoms with Crippen LogP contribution in [0.1, 0.15) is 83.0 Å². The second kappa shape index (κ2) is 14.2. The lowest BCUT2D eigenvalue weighted by Crippen LogP contribution is -2.26. The van der Waals surface area contributed by atoms with Crippen molar-refractivity contribution < 1.29 is 26.9 Å². The van der Waals surface area contributed by atoms with Crippen LogP contribution >= 0.6 is 22.9 Å². The van der Waals surface area contributed by atoms with Gasteiger partial charge < -0.3 is 9.15 Å². The number of unbranched alkanes of at least 4 members (excludes halogenated alkanes) is 7. The Labute approximate surface area is 182 Å². The number of carbonyl (C=O) groups excluding carboxylic acids is 1. The van der Waals surface area contributed by atoms with Crippen molar-refractivity contribution in [2.24, 2.45) is 0 Å². The summed E-state index contributed by atoms with van der Waals surface area (Å²) >= 11 is 1.79. The Balaban J connectivity index is 2.38. The lowest BCUT2D eigenvalue weighted by molar-refractivity contribution is 0.0671. The van der Waals surface area contributed by atoms with Crippen LogP contribution in [0.15, 0.2) is 22.8 Å². The van der Waals surface area contributed by atoms with E-state index in [-0.39, 0.29) is 18.7 Å². The van der Waals surface area contributed by atoms with Crippen LogP contribution in [-0.4, -0.2) is 34.5 Å². The topological polar surface area (TPSA) is 97.0 Å². The van der Waals surface area contributed by atoms with Gasteiger partial charge >= 0.3 is 6.09 Å². The Bertz CT molecular complexity index is 635. The predicted molar refractivity (Wildman–Crippen MR) is 117 cm³/mol. The summed E-state index contributed by atoms with van der Waals surface area (Å²) in [4.78, 5) is 12.3. The number of hydrogen-bond acceptors (Lipinski definition) is 5. The van der Waals surface area contributed by atoms with Crippen molar-refractivity contribution in [2.45, 2.75) is 77.2 Å². The van der Waals surface area contributed by atoms with E-state index in [0.29, 0.717) is 12.2 Å². The maximum atomic E-state index is 12.3. The summed E-state index contributed by atoms with van der Waals surface area (Å²) in [7, 11) is -4.03. The van der Waals surface area contributed by atoms with Gasteiger partial charge in [-0.25, -0.2) is 7.91 Å². The third-order valence-electron chi connectivity index (χ3n) is 4.38. The first-order chi connectivity index (χ1) is 13.3. The van der Waals surface area contributed by atoms with Crippen molar-refractivity contribution >= 4 is 39.1 Å². The highest BCUT2D eigenvalue weighted by molar-refractivity contribution is 14.1. The Kier molecular flexibility index (Phi) is 12.8. The monoisotopic (exact) mass is 529 g/mol. The molecule has 0 spiro atoms. The zero-order valence-electron chi connectivity index (χ0n) is 16.5. The van der Waals surface area contributed by atoms with Gasteiger partial charge in [-0.05, 0) is 31.4 Å². The zero-order chi connectivity index (χ0) is 20.8. The molecule has 0 bridgehead atoms. The number of ether oxygens (including phenoxy) is 1. The van der Waals surface area contributed by atoms with Crippen LogP contribution < -0.4 is 0 Å². The number of nitrogens with zero attached hydrogens (tertiary/aromatic N) is 1. The molecule has 1 aromatic heterocycles. The minimum Gasteiger partial charge on any atom is -0.465 e. The van der Waals surface area contributed by atoms with E-state index in [1.165, 1.54) is 41.6 Å². The maximum Gasteiger partial charge on any atom is 0.419 e. The van der Waals surface area contributed by atoms with E-state index in [0.717, 1.165) is 12.8 Å². The van der Waals surface area contributed by atoms with E-state index in [9.17, 15) is 13.2 Å². The molecule has 1 atom stereocenters. The average molecular weight is 529 g/mol. The van der Waals surface area contributed by atoms with Crippen LogP contribution in [0.4, 0.5) is 4.79 Å². The van der Waals surface area contributed by atoms with E-state index in [2.05, 4.69) is 6.92 Å². The van der Waals surface area contributed by atoms with Crippen molar-refractivity contribution in [1.29, 1.82) is 0 Å². The number of amides is 1. The minimum absolute atomic E-state index is 0.139. The molecule has 0 fully saturated rings. The number of carbonyl (C=O) groups is 1. The molecule has 1 N–H and O–H groups in total. The van der Waals surface area contributed by atoms with Gasteiger partial charge in [0.25, 0.3) is 10.1 Å². The van der Waals surface area contributed by atoms with E-state index in [4.69, 9.17) is 13.7 Å². The molecule has 28 heavy (non-hydrogen) atoms. The normalized spacial score (nSPS) is 12.7. The first kappa shape index (κ1) is 25.2. The summed E-state index contributed by atoms with van der Waals surface area (Å²) < 4.78 is 42.6. The quantitative estimate of drug-likeness (QED) is 0.131. The molecule has 0 saturated heterocycles. The molecule has 1 aromatic rings. The van der Waals surface area contributed by atoms with Crippen molar-refractivity contribution in [3.05, 3.63) is 24.2 Å². The average Bonchev–Trinajstić information content (AvgIpc) is 3.16. The first-order valence-electron chi connectivity index (χ1n) is 9.96. The molecule has 0 radical (unpaired) electrons. The van der Waals surface area contributed by atoms with Gasteiger partial charge in [-0.2, -0.15) is 8.42 Å². The zero-order valence-corrected chi connectivity index (χ0v) is 19.5. The fraction of sp³-hybridized carbons (Fsp3) is 0.737. The smallest absolute Gasteiger partial charge is 0.419 e. The van der Waals surface area contributed by atoms with Crippen LogP contribution in [0.2, 0.25) is 0 Å². The van der Waals surface area contributed by atoms with Gasteiger partial charge in [-0.3, -0.25) is 4.55 Å². The summed E-state index contributed by atoms with van der Waals surface area (Å²) in [6, 6.07) is 3.55. The van der Waals surface area contributed by atoms with Crippen molar-refractivity contribution in [1.82, 2.24) is 3.11 Å². The third-order valence-corrected chi connectivity index (χ3v) is 6.06. The fourth-order valence-electron chi connectivity index (χ4n) is 2.85. The summed E-state index contributed by atoms with van der Waals surface area (Å²) in [5.41, 5.74) is 0. The Morgan fingerprint density at radius 2 is 1.82 bits per heavy atom. The van der Waals surface area contributed by atoms with Gasteiger partial charge in [-0.1, -0.05) is 51.9 Å². The lowest BCUT2D eigenvalue weighted by Gasteiger charge is -2.20. The molecule has 9 heteroatoms. The summed E-state index contributed by atoms with van der Waals surface area (Å²) in [6.07, 6.45) is 10.9. The fourth-order valence-corrected chi connectivity index (χ4v) is 3.80. The highest BCUT2D eigenvalue weighted by atomic mass is 127. The Hall–Kier alpha value is -0.810. The standard InChI is InChI=1S/C19H32INO6S/c1-2-3-4-5-6-7-8-9-12-18(17-13-10-15-26-17)27-19(22)21(20)14-11-16-28(23,24)25/h10,13,15,18H,2-9,11-12,14,16H2,1H3,(H,23,24,25). The molecule has 1 rings (SSSR count). The van der Waals surface area contributed by atoms with Gasteiger partial charge in [0.15, 0.2) is 6.10 Å². The molecular formula is C19H32INO6S. The molecule has 0 aliphatic heterocycles.